The van der Waals surface area contributed by atoms with Crippen LogP contribution in [0.2, 0.25) is 0 Å². The molecule has 2 aromatic rings. The van der Waals surface area contributed by atoms with Crippen molar-refractivity contribution in [3.63, 3.8) is 0 Å². The molecule has 0 amide bonds. The molecule has 1 atom stereocenters. The minimum absolute atomic E-state index is 0.0531. The van der Waals surface area contributed by atoms with Gasteiger partial charge in [-0.2, -0.15) is 5.10 Å². The quantitative estimate of drug-likeness (QED) is 0.626. The molecule has 1 unspecified atom stereocenters. The average molecular weight is 305 g/mol. The summed E-state index contributed by atoms with van der Waals surface area (Å²) >= 11 is 0. The smallest absolute Gasteiger partial charge is 0.269 e. The van der Waals surface area contributed by atoms with E-state index >= 15 is 0 Å². The molecule has 118 valence electrons. The number of ether oxygens (including phenoxy) is 1. The summed E-state index contributed by atoms with van der Waals surface area (Å²) in [5.74, 6) is 0. The van der Waals surface area contributed by atoms with Gasteiger partial charge in [0.2, 0.25) is 0 Å². The van der Waals surface area contributed by atoms with Crippen LogP contribution < -0.4 is 0 Å². The van der Waals surface area contributed by atoms with Crippen LogP contribution in [-0.2, 0) is 11.3 Å². The van der Waals surface area contributed by atoms with Gasteiger partial charge in [0.1, 0.15) is 0 Å². The second kappa shape index (κ2) is 7.15. The fourth-order valence-electron chi connectivity index (χ4n) is 1.96. The number of aliphatic hydroxyl groups is 1. The molecule has 0 aliphatic heterocycles. The molecule has 22 heavy (non-hydrogen) atoms. The van der Waals surface area contributed by atoms with E-state index in [1.54, 1.807) is 29.2 Å². The number of nitro benzene ring substituents is 1. The third-order valence-electron chi connectivity index (χ3n) is 3.06. The minimum atomic E-state index is -0.632. The standard InChI is InChI=1S/C15H19N3O4/c1-11(2)22-10-15(19)9-17-8-13(7-16-17)12-3-5-14(6-4-12)18(20)21/h3-8,11,15,19H,9-10H2,1-2H3. The van der Waals surface area contributed by atoms with Crippen LogP contribution in [0.3, 0.4) is 0 Å². The molecular formula is C15H19N3O4. The van der Waals surface area contributed by atoms with Crippen molar-refractivity contribution in [1.82, 2.24) is 9.78 Å². The first-order valence-electron chi connectivity index (χ1n) is 7.02. The second-order valence-electron chi connectivity index (χ2n) is 5.29. The summed E-state index contributed by atoms with van der Waals surface area (Å²) in [6.07, 6.45) is 2.90. The first kappa shape index (κ1) is 16.1. The molecule has 0 spiro atoms. The van der Waals surface area contributed by atoms with Gasteiger partial charge in [-0.1, -0.05) is 0 Å². The Morgan fingerprint density at radius 3 is 2.59 bits per heavy atom. The zero-order chi connectivity index (χ0) is 16.1. The van der Waals surface area contributed by atoms with Crippen LogP contribution in [0.15, 0.2) is 36.7 Å². The van der Waals surface area contributed by atoms with E-state index in [-0.39, 0.29) is 18.4 Å². The molecule has 0 aliphatic carbocycles. The lowest BCUT2D eigenvalue weighted by molar-refractivity contribution is -0.384. The fraction of sp³-hybridized carbons (Fsp3) is 0.400. The summed E-state index contributed by atoms with van der Waals surface area (Å²) < 4.78 is 6.98. The zero-order valence-corrected chi connectivity index (χ0v) is 12.5. The maximum Gasteiger partial charge on any atom is 0.269 e. The summed E-state index contributed by atoms with van der Waals surface area (Å²) in [7, 11) is 0. The molecule has 0 bridgehead atoms. The normalized spacial score (nSPS) is 12.5. The Hall–Kier alpha value is -2.25. The molecule has 0 saturated carbocycles. The van der Waals surface area contributed by atoms with Gasteiger partial charge in [-0.25, -0.2) is 0 Å². The van der Waals surface area contributed by atoms with Crippen LogP contribution >= 0.6 is 0 Å². The monoisotopic (exact) mass is 305 g/mol. The van der Waals surface area contributed by atoms with Crippen LogP contribution in [0.4, 0.5) is 5.69 Å². The number of hydrogen-bond donors (Lipinski definition) is 1. The molecule has 0 saturated heterocycles. The van der Waals surface area contributed by atoms with E-state index in [9.17, 15) is 15.2 Å². The van der Waals surface area contributed by atoms with Crippen LogP contribution in [-0.4, -0.2) is 38.6 Å². The van der Waals surface area contributed by atoms with Crippen LogP contribution in [0.5, 0.6) is 0 Å². The summed E-state index contributed by atoms with van der Waals surface area (Å²) in [6.45, 7) is 4.41. The van der Waals surface area contributed by atoms with Crippen molar-refractivity contribution in [1.29, 1.82) is 0 Å². The van der Waals surface area contributed by atoms with Gasteiger partial charge in [0, 0.05) is 23.9 Å². The molecule has 2 rings (SSSR count). The number of rotatable bonds is 7. The van der Waals surface area contributed by atoms with Crippen molar-refractivity contribution in [2.24, 2.45) is 0 Å². The summed E-state index contributed by atoms with van der Waals surface area (Å²) in [6, 6.07) is 6.27. The molecule has 1 heterocycles. The highest BCUT2D eigenvalue weighted by Crippen LogP contribution is 2.21. The third-order valence-corrected chi connectivity index (χ3v) is 3.06. The highest BCUT2D eigenvalue weighted by molar-refractivity contribution is 5.63. The van der Waals surface area contributed by atoms with Gasteiger partial charge in [0.25, 0.3) is 5.69 Å². The summed E-state index contributed by atoms with van der Waals surface area (Å²) in [4.78, 5) is 10.2. The van der Waals surface area contributed by atoms with Crippen LogP contribution in [0, 0.1) is 10.1 Å². The van der Waals surface area contributed by atoms with E-state index in [1.165, 1.54) is 12.1 Å². The summed E-state index contributed by atoms with van der Waals surface area (Å²) in [5, 5.41) is 24.7. The number of aromatic nitrogens is 2. The minimum Gasteiger partial charge on any atom is -0.389 e. The fourth-order valence-corrected chi connectivity index (χ4v) is 1.96. The second-order valence-corrected chi connectivity index (χ2v) is 5.29. The van der Waals surface area contributed by atoms with E-state index in [4.69, 9.17) is 4.74 Å². The van der Waals surface area contributed by atoms with Gasteiger partial charge >= 0.3 is 0 Å². The highest BCUT2D eigenvalue weighted by atomic mass is 16.6. The number of nitro groups is 1. The Balaban J connectivity index is 2.00. The third kappa shape index (κ3) is 4.37. The van der Waals surface area contributed by atoms with Gasteiger partial charge in [-0.15, -0.1) is 0 Å². The lowest BCUT2D eigenvalue weighted by atomic mass is 10.1. The molecule has 7 nitrogen and oxygen atoms in total. The Labute approximate surface area is 128 Å². The van der Waals surface area contributed by atoms with Gasteiger partial charge in [0.15, 0.2) is 0 Å². The predicted molar refractivity (Wildman–Crippen MR) is 81.4 cm³/mol. The number of nitrogens with zero attached hydrogens (tertiary/aromatic N) is 3. The van der Waals surface area contributed by atoms with Crippen molar-refractivity contribution in [3.05, 3.63) is 46.8 Å². The molecule has 0 aliphatic rings. The van der Waals surface area contributed by atoms with E-state index in [0.29, 0.717) is 6.54 Å². The molecule has 0 radical (unpaired) electrons. The number of aliphatic hydroxyl groups excluding tert-OH is 1. The van der Waals surface area contributed by atoms with Gasteiger partial charge < -0.3 is 9.84 Å². The van der Waals surface area contributed by atoms with Gasteiger partial charge in [-0.3, -0.25) is 14.8 Å². The van der Waals surface area contributed by atoms with E-state index in [1.807, 2.05) is 13.8 Å². The molecule has 7 heteroatoms. The number of non-ortho nitro benzene ring substituents is 1. The SMILES string of the molecule is CC(C)OCC(O)Cn1cc(-c2ccc([N+](=O)[O-])cc2)cn1. The number of benzene rings is 1. The van der Waals surface area contributed by atoms with Crippen molar-refractivity contribution in [3.8, 4) is 11.1 Å². The first-order chi connectivity index (χ1) is 10.5. The van der Waals surface area contributed by atoms with Crippen LogP contribution in [0.1, 0.15) is 13.8 Å². The van der Waals surface area contributed by atoms with Gasteiger partial charge in [-0.05, 0) is 31.5 Å². The van der Waals surface area contributed by atoms with Crippen molar-refractivity contribution in [2.45, 2.75) is 32.6 Å². The Bertz CT molecular complexity index is 622. The average Bonchev–Trinajstić information content (AvgIpc) is 2.93. The predicted octanol–water partition coefficient (Wildman–Crippen LogP) is 2.24. The van der Waals surface area contributed by atoms with Crippen LogP contribution in [0.25, 0.3) is 11.1 Å². The maximum absolute atomic E-state index is 10.6. The van der Waals surface area contributed by atoms with Crippen molar-refractivity contribution in [2.75, 3.05) is 6.61 Å². The van der Waals surface area contributed by atoms with E-state index < -0.39 is 11.0 Å². The largest absolute Gasteiger partial charge is 0.389 e. The Kier molecular flexibility index (Phi) is 5.24. The topological polar surface area (TPSA) is 90.4 Å². The molecule has 1 N–H and O–H groups in total. The molecule has 1 aromatic heterocycles. The van der Waals surface area contributed by atoms with Crippen molar-refractivity contribution >= 4 is 5.69 Å². The van der Waals surface area contributed by atoms with Gasteiger partial charge in [0.05, 0.1) is 36.5 Å². The lowest BCUT2D eigenvalue weighted by Gasteiger charge is -2.13. The lowest BCUT2D eigenvalue weighted by Crippen LogP contribution is -2.23. The molecular weight excluding hydrogens is 286 g/mol. The number of hydrogen-bond acceptors (Lipinski definition) is 5. The van der Waals surface area contributed by atoms with E-state index in [2.05, 4.69) is 5.10 Å². The first-order valence-corrected chi connectivity index (χ1v) is 7.02. The Morgan fingerprint density at radius 1 is 1.32 bits per heavy atom. The highest BCUT2D eigenvalue weighted by Gasteiger charge is 2.10. The maximum atomic E-state index is 10.6. The zero-order valence-electron chi connectivity index (χ0n) is 12.5. The van der Waals surface area contributed by atoms with E-state index in [0.717, 1.165) is 11.1 Å². The summed E-state index contributed by atoms with van der Waals surface area (Å²) in [5.41, 5.74) is 1.73. The van der Waals surface area contributed by atoms with Crippen molar-refractivity contribution < 1.29 is 14.8 Å². The Morgan fingerprint density at radius 2 is 2.00 bits per heavy atom. The molecule has 1 aromatic carbocycles. The molecule has 0 fully saturated rings.